The number of benzene rings is 2. The lowest BCUT2D eigenvalue weighted by molar-refractivity contribution is -0.142. The summed E-state index contributed by atoms with van der Waals surface area (Å²) in [6.07, 6.45) is 0.670. The van der Waals surface area contributed by atoms with E-state index in [1.54, 1.807) is 0 Å². The van der Waals surface area contributed by atoms with Gasteiger partial charge in [0.05, 0.1) is 18.5 Å². The molecule has 1 atom stereocenters. The van der Waals surface area contributed by atoms with Gasteiger partial charge in [-0.2, -0.15) is 0 Å². The third-order valence-corrected chi connectivity index (χ3v) is 5.16. The van der Waals surface area contributed by atoms with E-state index in [4.69, 9.17) is 29.2 Å². The minimum absolute atomic E-state index is 0.253. The topological polar surface area (TPSA) is 39.2 Å². The summed E-state index contributed by atoms with van der Waals surface area (Å²) in [5.41, 5.74) is 5.13. The van der Waals surface area contributed by atoms with Crippen molar-refractivity contribution in [3.63, 3.8) is 0 Å². The van der Waals surface area contributed by atoms with Crippen LogP contribution in [0.1, 0.15) is 37.4 Å². The predicted octanol–water partition coefficient (Wildman–Crippen LogP) is 4.96. The number of carbonyl (C=O) groups is 1. The second kappa shape index (κ2) is 8.36. The number of rotatable bonds is 5. The summed E-state index contributed by atoms with van der Waals surface area (Å²) in [5, 5.41) is 1.58. The van der Waals surface area contributed by atoms with Crippen LogP contribution in [0.5, 0.6) is 0 Å². The first kappa shape index (κ1) is 20.4. The van der Waals surface area contributed by atoms with Crippen molar-refractivity contribution in [1.82, 2.24) is 4.98 Å². The Morgan fingerprint density at radius 3 is 2.46 bits per heavy atom. The van der Waals surface area contributed by atoms with E-state index in [9.17, 15) is 4.79 Å². The number of esters is 1. The van der Waals surface area contributed by atoms with Gasteiger partial charge in [-0.1, -0.05) is 55.2 Å². The Bertz CT molecular complexity index is 1020. The largest absolute Gasteiger partial charge is 0.469 e. The van der Waals surface area contributed by atoms with Gasteiger partial charge in [0, 0.05) is 16.1 Å². The average molecular weight is 392 g/mol. The molecule has 0 aliphatic carbocycles. The Morgan fingerprint density at radius 1 is 1.18 bits per heavy atom. The summed E-state index contributed by atoms with van der Waals surface area (Å²) in [6.45, 7) is 6.14. The molecule has 2 aromatic carbocycles. The lowest BCUT2D eigenvalue weighted by Crippen LogP contribution is -2.19. The molecule has 1 aromatic heterocycles. The maximum atomic E-state index is 12.7. The predicted molar refractivity (Wildman–Crippen MR) is 117 cm³/mol. The van der Waals surface area contributed by atoms with Crippen molar-refractivity contribution < 1.29 is 9.53 Å². The van der Waals surface area contributed by atoms with E-state index in [0.29, 0.717) is 22.8 Å². The molecule has 3 nitrogen and oxygen atoms in total. The third kappa shape index (κ3) is 4.07. The fourth-order valence-electron chi connectivity index (χ4n) is 3.72. The molecule has 5 heteroatoms. The lowest BCUT2D eigenvalue weighted by atomic mass is 9.82. The van der Waals surface area contributed by atoms with Crippen molar-refractivity contribution in [3.8, 4) is 11.1 Å². The number of hydrogen-bond donors (Lipinski definition) is 0. The number of fused-ring (bicyclic) bond motifs is 1. The Morgan fingerprint density at radius 2 is 1.86 bits per heavy atom. The highest BCUT2D eigenvalue weighted by Crippen LogP contribution is 2.40. The van der Waals surface area contributed by atoms with Crippen LogP contribution in [0, 0.1) is 12.8 Å². The monoisotopic (exact) mass is 391 g/mol. The second-order valence-corrected chi connectivity index (χ2v) is 7.91. The number of aromatic nitrogens is 1. The van der Waals surface area contributed by atoms with Gasteiger partial charge < -0.3 is 4.74 Å². The fourth-order valence-corrected chi connectivity index (χ4v) is 3.84. The van der Waals surface area contributed by atoms with Crippen LogP contribution in [-0.2, 0) is 9.53 Å². The average Bonchev–Trinajstić information content (AvgIpc) is 2.66. The molecule has 0 bridgehead atoms. The van der Waals surface area contributed by atoms with Gasteiger partial charge in [-0.15, -0.1) is 0 Å². The number of carbonyl (C=O) groups excluding carboxylic acids is 1. The number of hydrogen-bond acceptors (Lipinski definition) is 3. The zero-order valence-corrected chi connectivity index (χ0v) is 17.4. The van der Waals surface area contributed by atoms with Crippen molar-refractivity contribution in [2.45, 2.75) is 33.1 Å². The first-order valence-electron chi connectivity index (χ1n) is 9.35. The standard InChI is InChI=1S/C23H23BClNO2/c1-13(2)11-19(23(27)28-4)21-14(3)26-20-10-7-16(24)12-18(20)22(21)15-5-8-17(25)9-6-15/h5-10,12-13,19H,11H2,1-4H3. The van der Waals surface area contributed by atoms with Crippen molar-refractivity contribution in [2.75, 3.05) is 7.11 Å². The van der Waals surface area contributed by atoms with Gasteiger partial charge in [0.15, 0.2) is 0 Å². The van der Waals surface area contributed by atoms with Crippen LogP contribution in [0.3, 0.4) is 0 Å². The van der Waals surface area contributed by atoms with Crippen LogP contribution >= 0.6 is 11.6 Å². The molecule has 1 heterocycles. The maximum Gasteiger partial charge on any atom is 0.313 e. The normalized spacial score (nSPS) is 12.4. The van der Waals surface area contributed by atoms with Gasteiger partial charge >= 0.3 is 5.97 Å². The van der Waals surface area contributed by atoms with E-state index in [-0.39, 0.29) is 5.97 Å². The molecule has 2 radical (unpaired) electrons. The van der Waals surface area contributed by atoms with Crippen LogP contribution in [-0.4, -0.2) is 25.9 Å². The molecule has 0 fully saturated rings. The SMILES string of the molecule is [B]c1ccc2nc(C)c(C(CC(C)C)C(=O)OC)c(-c3ccc(Cl)cc3)c2c1. The number of nitrogens with zero attached hydrogens (tertiary/aromatic N) is 1. The van der Waals surface area contributed by atoms with Crippen LogP contribution in [0.4, 0.5) is 0 Å². The molecule has 3 aromatic rings. The molecule has 0 amide bonds. The molecule has 0 aliphatic heterocycles. The highest BCUT2D eigenvalue weighted by atomic mass is 35.5. The molecule has 0 aliphatic rings. The first-order valence-corrected chi connectivity index (χ1v) is 9.73. The Labute approximate surface area is 172 Å². The van der Waals surface area contributed by atoms with Crippen molar-refractivity contribution in [3.05, 3.63) is 58.7 Å². The van der Waals surface area contributed by atoms with Gasteiger partial charge in [0.1, 0.15) is 7.85 Å². The number of ether oxygens (including phenoxy) is 1. The molecular formula is C23H23BClNO2. The number of halogens is 1. The van der Waals surface area contributed by atoms with Gasteiger partial charge in [-0.05, 0) is 54.2 Å². The van der Waals surface area contributed by atoms with Crippen molar-refractivity contribution in [2.24, 2.45) is 5.92 Å². The molecule has 0 saturated heterocycles. The Kier molecular flexibility index (Phi) is 6.09. The minimum Gasteiger partial charge on any atom is -0.469 e. The van der Waals surface area contributed by atoms with E-state index < -0.39 is 5.92 Å². The van der Waals surface area contributed by atoms with Crippen LogP contribution in [0.2, 0.25) is 5.02 Å². The third-order valence-electron chi connectivity index (χ3n) is 4.91. The van der Waals surface area contributed by atoms with Crippen LogP contribution in [0.15, 0.2) is 42.5 Å². The fraction of sp³-hybridized carbons (Fsp3) is 0.304. The quantitative estimate of drug-likeness (QED) is 0.456. The Balaban J connectivity index is 2.40. The molecule has 0 N–H and O–H groups in total. The summed E-state index contributed by atoms with van der Waals surface area (Å²) in [6, 6.07) is 13.3. The molecular weight excluding hydrogens is 369 g/mol. The Hall–Kier alpha value is -2.33. The van der Waals surface area contributed by atoms with Gasteiger partial charge in [-0.25, -0.2) is 0 Å². The highest BCUT2D eigenvalue weighted by molar-refractivity contribution is 6.33. The zero-order chi connectivity index (χ0) is 20.4. The molecule has 1 unspecified atom stereocenters. The molecule has 28 heavy (non-hydrogen) atoms. The van der Waals surface area contributed by atoms with E-state index in [1.807, 2.05) is 49.4 Å². The number of aryl methyl sites for hydroxylation is 1. The van der Waals surface area contributed by atoms with Crippen molar-refractivity contribution in [1.29, 1.82) is 0 Å². The lowest BCUT2D eigenvalue weighted by Gasteiger charge is -2.24. The summed E-state index contributed by atoms with van der Waals surface area (Å²) < 4.78 is 5.16. The summed E-state index contributed by atoms with van der Waals surface area (Å²) >= 11 is 6.11. The number of pyridine rings is 1. The van der Waals surface area contributed by atoms with Crippen LogP contribution in [0.25, 0.3) is 22.0 Å². The van der Waals surface area contributed by atoms with Crippen LogP contribution < -0.4 is 5.46 Å². The summed E-state index contributed by atoms with van der Waals surface area (Å²) in [4.78, 5) is 17.5. The van der Waals surface area contributed by atoms with E-state index in [1.165, 1.54) is 7.11 Å². The summed E-state index contributed by atoms with van der Waals surface area (Å²) in [5.74, 6) is -0.343. The van der Waals surface area contributed by atoms with E-state index in [2.05, 4.69) is 13.8 Å². The smallest absolute Gasteiger partial charge is 0.313 e. The van der Waals surface area contributed by atoms with Gasteiger partial charge in [0.2, 0.25) is 0 Å². The number of methoxy groups -OCH3 is 1. The first-order chi connectivity index (χ1) is 13.3. The van der Waals surface area contributed by atoms with E-state index in [0.717, 1.165) is 33.3 Å². The van der Waals surface area contributed by atoms with Gasteiger partial charge in [-0.3, -0.25) is 9.78 Å². The zero-order valence-electron chi connectivity index (χ0n) is 16.6. The second-order valence-electron chi connectivity index (χ2n) is 7.47. The highest BCUT2D eigenvalue weighted by Gasteiger charge is 2.29. The van der Waals surface area contributed by atoms with Gasteiger partial charge in [0.25, 0.3) is 0 Å². The summed E-state index contributed by atoms with van der Waals surface area (Å²) in [7, 11) is 7.52. The molecule has 0 saturated carbocycles. The maximum absolute atomic E-state index is 12.7. The molecule has 3 rings (SSSR count). The van der Waals surface area contributed by atoms with E-state index >= 15 is 0 Å². The van der Waals surface area contributed by atoms with Crippen molar-refractivity contribution >= 4 is 41.8 Å². The molecule has 142 valence electrons. The molecule has 0 spiro atoms. The minimum atomic E-state index is -0.408.